The van der Waals surface area contributed by atoms with Crippen molar-refractivity contribution in [3.8, 4) is 0 Å². The van der Waals surface area contributed by atoms with Crippen molar-refractivity contribution in [3.63, 3.8) is 0 Å². The Bertz CT molecular complexity index is 434. The number of hydrogen-bond donors (Lipinski definition) is 1. The van der Waals surface area contributed by atoms with Gasteiger partial charge in [0.1, 0.15) is 0 Å². The van der Waals surface area contributed by atoms with Gasteiger partial charge in [0.2, 0.25) is 5.91 Å². The highest BCUT2D eigenvalue weighted by atomic mass is 35.5. The quantitative estimate of drug-likeness (QED) is 0.809. The van der Waals surface area contributed by atoms with Crippen molar-refractivity contribution in [3.05, 3.63) is 29.3 Å². The zero-order valence-corrected chi connectivity index (χ0v) is 11.7. The van der Waals surface area contributed by atoms with Crippen molar-refractivity contribution in [1.82, 2.24) is 4.90 Å². The molecule has 0 unspecified atom stereocenters. The molecule has 0 heterocycles. The van der Waals surface area contributed by atoms with Crippen LogP contribution in [0.2, 0.25) is 5.02 Å². The Morgan fingerprint density at radius 1 is 1.26 bits per heavy atom. The fourth-order valence-corrected chi connectivity index (χ4v) is 1.59. The molecule has 0 aliphatic rings. The number of esters is 1. The fourth-order valence-electron chi connectivity index (χ4n) is 1.46. The Labute approximate surface area is 117 Å². The zero-order valence-electron chi connectivity index (χ0n) is 11.0. The molecule has 0 atom stereocenters. The first kappa shape index (κ1) is 15.5. The lowest BCUT2D eigenvalue weighted by Gasteiger charge is -2.18. The van der Waals surface area contributed by atoms with Crippen LogP contribution in [0.5, 0.6) is 0 Å². The summed E-state index contributed by atoms with van der Waals surface area (Å²) in [5.41, 5.74) is 0.670. The van der Waals surface area contributed by atoms with Crippen LogP contribution >= 0.6 is 11.6 Å². The maximum atomic E-state index is 11.8. The Hall–Kier alpha value is -1.59. The molecule has 5 nitrogen and oxygen atoms in total. The first-order valence-corrected chi connectivity index (χ1v) is 6.27. The minimum Gasteiger partial charge on any atom is -0.468 e. The molecule has 1 amide bonds. The van der Waals surface area contributed by atoms with E-state index in [2.05, 4.69) is 10.1 Å². The highest BCUT2D eigenvalue weighted by molar-refractivity contribution is 6.30. The van der Waals surface area contributed by atoms with Gasteiger partial charge in [-0.3, -0.25) is 14.5 Å². The van der Waals surface area contributed by atoms with Crippen LogP contribution < -0.4 is 5.32 Å². The summed E-state index contributed by atoms with van der Waals surface area (Å²) in [6, 6.07) is 6.83. The van der Waals surface area contributed by atoms with Gasteiger partial charge in [-0.15, -0.1) is 0 Å². The van der Waals surface area contributed by atoms with E-state index in [1.54, 1.807) is 29.2 Å². The third-order valence-corrected chi connectivity index (χ3v) is 2.77. The van der Waals surface area contributed by atoms with Gasteiger partial charge in [-0.05, 0) is 30.8 Å². The Morgan fingerprint density at radius 3 is 2.42 bits per heavy atom. The number of amides is 1. The third-order valence-electron chi connectivity index (χ3n) is 2.52. The largest absolute Gasteiger partial charge is 0.468 e. The van der Waals surface area contributed by atoms with Gasteiger partial charge < -0.3 is 10.1 Å². The number of hydrogen-bond acceptors (Lipinski definition) is 4. The predicted octanol–water partition coefficient (Wildman–Crippen LogP) is 1.77. The molecule has 0 radical (unpaired) electrons. The molecule has 104 valence electrons. The Balaban J connectivity index is 2.49. The molecule has 0 saturated carbocycles. The van der Waals surface area contributed by atoms with E-state index < -0.39 is 0 Å². The predicted molar refractivity (Wildman–Crippen MR) is 74.2 cm³/mol. The van der Waals surface area contributed by atoms with Crippen molar-refractivity contribution in [2.45, 2.75) is 6.92 Å². The van der Waals surface area contributed by atoms with Gasteiger partial charge in [0, 0.05) is 10.7 Å². The van der Waals surface area contributed by atoms with Gasteiger partial charge >= 0.3 is 5.97 Å². The molecule has 0 aromatic heterocycles. The highest BCUT2D eigenvalue weighted by Crippen LogP contribution is 2.13. The van der Waals surface area contributed by atoms with Crippen molar-refractivity contribution >= 4 is 29.2 Å². The van der Waals surface area contributed by atoms with Crippen molar-refractivity contribution < 1.29 is 14.3 Å². The number of likely N-dealkylation sites (N-methyl/N-ethyl adjacent to an activating group) is 1. The number of carbonyl (C=O) groups is 2. The number of nitrogens with zero attached hydrogens (tertiary/aromatic N) is 1. The van der Waals surface area contributed by atoms with E-state index in [-0.39, 0.29) is 25.0 Å². The van der Waals surface area contributed by atoms with Crippen LogP contribution in [0.15, 0.2) is 24.3 Å². The number of benzene rings is 1. The summed E-state index contributed by atoms with van der Waals surface area (Å²) in [7, 11) is 1.32. The standard InChI is InChI=1S/C13H17ClN2O3/c1-3-16(9-13(18)19-2)8-12(17)15-11-6-4-10(14)5-7-11/h4-7H,3,8-9H2,1-2H3,(H,15,17). The average Bonchev–Trinajstić information content (AvgIpc) is 2.40. The second kappa shape index (κ2) is 7.76. The number of anilines is 1. The smallest absolute Gasteiger partial charge is 0.319 e. The summed E-state index contributed by atoms with van der Waals surface area (Å²) in [6.45, 7) is 2.69. The van der Waals surface area contributed by atoms with Crippen molar-refractivity contribution in [2.24, 2.45) is 0 Å². The number of carbonyl (C=O) groups excluding carboxylic acids is 2. The molecule has 0 aliphatic carbocycles. The summed E-state index contributed by atoms with van der Waals surface area (Å²) in [5, 5.41) is 3.34. The molecule has 0 bridgehead atoms. The van der Waals surface area contributed by atoms with Crippen LogP contribution in [-0.4, -0.2) is 43.5 Å². The van der Waals surface area contributed by atoms with E-state index in [4.69, 9.17) is 11.6 Å². The van der Waals surface area contributed by atoms with E-state index in [1.165, 1.54) is 7.11 Å². The lowest BCUT2D eigenvalue weighted by molar-refractivity contribution is -0.142. The molecular formula is C13H17ClN2O3. The van der Waals surface area contributed by atoms with Crippen LogP contribution in [-0.2, 0) is 14.3 Å². The van der Waals surface area contributed by atoms with E-state index in [0.717, 1.165) is 0 Å². The number of rotatable bonds is 6. The summed E-state index contributed by atoms with van der Waals surface area (Å²) in [5.74, 6) is -0.547. The van der Waals surface area contributed by atoms with Gasteiger partial charge in [-0.25, -0.2) is 0 Å². The summed E-state index contributed by atoms with van der Waals surface area (Å²) >= 11 is 5.76. The summed E-state index contributed by atoms with van der Waals surface area (Å²) < 4.78 is 4.57. The molecule has 19 heavy (non-hydrogen) atoms. The Morgan fingerprint density at radius 2 is 1.89 bits per heavy atom. The maximum absolute atomic E-state index is 11.8. The normalized spacial score (nSPS) is 10.3. The van der Waals surface area contributed by atoms with Crippen LogP contribution in [0, 0.1) is 0 Å². The molecule has 6 heteroatoms. The second-order valence-electron chi connectivity index (χ2n) is 3.93. The first-order chi connectivity index (χ1) is 9.05. The minimum absolute atomic E-state index is 0.0983. The molecule has 0 aliphatic heterocycles. The highest BCUT2D eigenvalue weighted by Gasteiger charge is 2.13. The maximum Gasteiger partial charge on any atom is 0.319 e. The SMILES string of the molecule is CCN(CC(=O)Nc1ccc(Cl)cc1)CC(=O)OC. The summed E-state index contributed by atoms with van der Waals surface area (Å²) in [4.78, 5) is 24.6. The van der Waals surface area contributed by atoms with E-state index >= 15 is 0 Å². The van der Waals surface area contributed by atoms with Gasteiger partial charge in [0.05, 0.1) is 20.2 Å². The van der Waals surface area contributed by atoms with E-state index in [1.807, 2.05) is 6.92 Å². The molecule has 1 rings (SSSR count). The van der Waals surface area contributed by atoms with Crippen LogP contribution in [0.25, 0.3) is 0 Å². The zero-order chi connectivity index (χ0) is 14.3. The second-order valence-corrected chi connectivity index (χ2v) is 4.37. The number of halogens is 1. The van der Waals surface area contributed by atoms with Gasteiger partial charge in [0.25, 0.3) is 0 Å². The van der Waals surface area contributed by atoms with E-state index in [9.17, 15) is 9.59 Å². The van der Waals surface area contributed by atoms with Crippen LogP contribution in [0.4, 0.5) is 5.69 Å². The topological polar surface area (TPSA) is 58.6 Å². The lowest BCUT2D eigenvalue weighted by atomic mass is 10.3. The molecule has 1 N–H and O–H groups in total. The third kappa shape index (κ3) is 5.72. The van der Waals surface area contributed by atoms with Crippen LogP contribution in [0.1, 0.15) is 6.92 Å². The number of nitrogens with one attached hydrogen (secondary N) is 1. The molecule has 0 spiro atoms. The monoisotopic (exact) mass is 284 g/mol. The first-order valence-electron chi connectivity index (χ1n) is 5.89. The van der Waals surface area contributed by atoms with Gasteiger partial charge in [0.15, 0.2) is 0 Å². The molecule has 0 saturated heterocycles. The molecule has 1 aromatic carbocycles. The number of ether oxygens (including phenoxy) is 1. The average molecular weight is 285 g/mol. The lowest BCUT2D eigenvalue weighted by Crippen LogP contribution is -2.37. The molecular weight excluding hydrogens is 268 g/mol. The van der Waals surface area contributed by atoms with Crippen molar-refractivity contribution in [2.75, 3.05) is 32.1 Å². The van der Waals surface area contributed by atoms with Gasteiger partial charge in [-0.2, -0.15) is 0 Å². The van der Waals surface area contributed by atoms with Crippen molar-refractivity contribution in [1.29, 1.82) is 0 Å². The number of methoxy groups -OCH3 is 1. The fraction of sp³-hybridized carbons (Fsp3) is 0.385. The summed E-state index contributed by atoms with van der Waals surface area (Å²) in [6.07, 6.45) is 0. The Kier molecular flexibility index (Phi) is 6.32. The molecule has 1 aromatic rings. The minimum atomic E-state index is -0.360. The van der Waals surface area contributed by atoms with Gasteiger partial charge in [-0.1, -0.05) is 18.5 Å². The van der Waals surface area contributed by atoms with E-state index in [0.29, 0.717) is 17.3 Å². The van der Waals surface area contributed by atoms with Crippen LogP contribution in [0.3, 0.4) is 0 Å². The molecule has 0 fully saturated rings.